The van der Waals surface area contributed by atoms with Crippen LogP contribution < -0.4 is 15.4 Å². The first-order valence-electron chi connectivity index (χ1n) is 7.32. The fourth-order valence-electron chi connectivity index (χ4n) is 2.18. The Morgan fingerprint density at radius 3 is 2.55 bits per heavy atom. The minimum atomic E-state index is 0.486. The van der Waals surface area contributed by atoms with Crippen LogP contribution in [0.2, 0.25) is 0 Å². The Kier molecular flexibility index (Phi) is 5.39. The molecule has 0 radical (unpaired) electrons. The van der Waals surface area contributed by atoms with Gasteiger partial charge in [0.05, 0.1) is 12.8 Å². The second-order valence-electron chi connectivity index (χ2n) is 5.56. The quantitative estimate of drug-likeness (QED) is 0.784. The molecule has 0 unspecified atom stereocenters. The summed E-state index contributed by atoms with van der Waals surface area (Å²) in [5, 5.41) is 6.96. The SMILES string of the molecule is COc1ccc(C)cc1NC(=S)Nc1cccc(C(C)C)c1. The Balaban J connectivity index is 2.10. The zero-order chi connectivity index (χ0) is 16.1. The van der Waals surface area contributed by atoms with Gasteiger partial charge in [0, 0.05) is 5.69 Å². The van der Waals surface area contributed by atoms with Gasteiger partial charge >= 0.3 is 0 Å². The summed E-state index contributed by atoms with van der Waals surface area (Å²) in [5.74, 6) is 1.26. The number of benzene rings is 2. The summed E-state index contributed by atoms with van der Waals surface area (Å²) in [6, 6.07) is 14.2. The standard InChI is InChI=1S/C18H22N2OS/c1-12(2)14-6-5-7-15(11-14)19-18(22)20-16-10-13(3)8-9-17(16)21-4/h5-12H,1-4H3,(H2,19,20,22). The van der Waals surface area contributed by atoms with E-state index >= 15 is 0 Å². The highest BCUT2D eigenvalue weighted by molar-refractivity contribution is 7.80. The number of aryl methyl sites for hydroxylation is 1. The van der Waals surface area contributed by atoms with E-state index in [2.05, 4.69) is 36.6 Å². The molecule has 2 N–H and O–H groups in total. The van der Waals surface area contributed by atoms with Crippen LogP contribution in [0.1, 0.15) is 30.9 Å². The minimum absolute atomic E-state index is 0.486. The van der Waals surface area contributed by atoms with Crippen molar-refractivity contribution in [1.82, 2.24) is 0 Å². The van der Waals surface area contributed by atoms with Crippen LogP contribution in [0.15, 0.2) is 42.5 Å². The van der Waals surface area contributed by atoms with Gasteiger partial charge < -0.3 is 15.4 Å². The summed E-state index contributed by atoms with van der Waals surface area (Å²) in [4.78, 5) is 0. The van der Waals surface area contributed by atoms with E-state index in [0.717, 1.165) is 22.7 Å². The lowest BCUT2D eigenvalue weighted by atomic mass is 10.0. The largest absolute Gasteiger partial charge is 0.495 e. The van der Waals surface area contributed by atoms with Gasteiger partial charge in [-0.2, -0.15) is 0 Å². The molecule has 3 nitrogen and oxygen atoms in total. The van der Waals surface area contributed by atoms with Crippen molar-refractivity contribution in [3.8, 4) is 5.75 Å². The summed E-state index contributed by atoms with van der Waals surface area (Å²) < 4.78 is 5.35. The van der Waals surface area contributed by atoms with E-state index in [0.29, 0.717) is 11.0 Å². The molecule has 0 saturated carbocycles. The van der Waals surface area contributed by atoms with Gasteiger partial charge in [-0.25, -0.2) is 0 Å². The summed E-state index contributed by atoms with van der Waals surface area (Å²) in [6.45, 7) is 6.38. The van der Waals surface area contributed by atoms with Crippen LogP contribution in [0.3, 0.4) is 0 Å². The van der Waals surface area contributed by atoms with Crippen LogP contribution >= 0.6 is 12.2 Å². The third-order valence-corrected chi connectivity index (χ3v) is 3.62. The van der Waals surface area contributed by atoms with Gasteiger partial charge in [0.1, 0.15) is 5.75 Å². The third-order valence-electron chi connectivity index (χ3n) is 3.41. The molecule has 0 heterocycles. The van der Waals surface area contributed by atoms with Crippen molar-refractivity contribution < 1.29 is 4.74 Å². The molecule has 2 aromatic rings. The second-order valence-corrected chi connectivity index (χ2v) is 5.97. The van der Waals surface area contributed by atoms with Gasteiger partial charge in [-0.05, 0) is 60.5 Å². The number of hydrogen-bond acceptors (Lipinski definition) is 2. The number of rotatable bonds is 4. The van der Waals surface area contributed by atoms with E-state index in [1.165, 1.54) is 5.56 Å². The highest BCUT2D eigenvalue weighted by atomic mass is 32.1. The molecular formula is C18H22N2OS. The normalized spacial score (nSPS) is 10.4. The fraction of sp³-hybridized carbons (Fsp3) is 0.278. The molecule has 0 fully saturated rings. The molecule has 0 atom stereocenters. The molecular weight excluding hydrogens is 292 g/mol. The molecule has 0 aliphatic rings. The molecule has 0 aliphatic heterocycles. The van der Waals surface area contributed by atoms with Gasteiger partial charge in [0.2, 0.25) is 0 Å². The maximum absolute atomic E-state index is 5.40. The predicted molar refractivity (Wildman–Crippen MR) is 98.1 cm³/mol. The fourth-order valence-corrected chi connectivity index (χ4v) is 2.41. The van der Waals surface area contributed by atoms with E-state index in [9.17, 15) is 0 Å². The van der Waals surface area contributed by atoms with Gasteiger partial charge in [-0.15, -0.1) is 0 Å². The smallest absolute Gasteiger partial charge is 0.175 e. The van der Waals surface area contributed by atoms with E-state index in [1.54, 1.807) is 7.11 Å². The van der Waals surface area contributed by atoms with Crippen molar-refractivity contribution in [3.63, 3.8) is 0 Å². The number of ether oxygens (including phenoxy) is 1. The first kappa shape index (κ1) is 16.3. The van der Waals surface area contributed by atoms with E-state index < -0.39 is 0 Å². The molecule has 0 aromatic heterocycles. The van der Waals surface area contributed by atoms with E-state index in [1.807, 2.05) is 37.3 Å². The Morgan fingerprint density at radius 1 is 1.09 bits per heavy atom. The Hall–Kier alpha value is -2.07. The summed E-state index contributed by atoms with van der Waals surface area (Å²) in [6.07, 6.45) is 0. The molecule has 4 heteroatoms. The predicted octanol–water partition coefficient (Wildman–Crippen LogP) is 4.94. The second kappa shape index (κ2) is 7.27. The number of hydrogen-bond donors (Lipinski definition) is 2. The van der Waals surface area contributed by atoms with Crippen LogP contribution in [-0.4, -0.2) is 12.2 Å². The third kappa shape index (κ3) is 4.21. The zero-order valence-electron chi connectivity index (χ0n) is 13.4. The summed E-state index contributed by atoms with van der Waals surface area (Å²) in [5.41, 5.74) is 4.27. The van der Waals surface area contributed by atoms with Crippen molar-refractivity contribution in [1.29, 1.82) is 0 Å². The van der Waals surface area contributed by atoms with Crippen LogP contribution in [0.25, 0.3) is 0 Å². The maximum Gasteiger partial charge on any atom is 0.175 e. The summed E-state index contributed by atoms with van der Waals surface area (Å²) >= 11 is 5.40. The lowest BCUT2D eigenvalue weighted by molar-refractivity contribution is 0.417. The monoisotopic (exact) mass is 314 g/mol. The molecule has 22 heavy (non-hydrogen) atoms. The maximum atomic E-state index is 5.40. The molecule has 0 saturated heterocycles. The molecule has 2 aromatic carbocycles. The van der Waals surface area contributed by atoms with Crippen molar-refractivity contribution in [2.24, 2.45) is 0 Å². The van der Waals surface area contributed by atoms with Crippen LogP contribution in [-0.2, 0) is 0 Å². The lowest BCUT2D eigenvalue weighted by Gasteiger charge is -2.15. The Labute approximate surface area is 137 Å². The first-order valence-corrected chi connectivity index (χ1v) is 7.73. The molecule has 0 bridgehead atoms. The topological polar surface area (TPSA) is 33.3 Å². The zero-order valence-corrected chi connectivity index (χ0v) is 14.3. The number of thiocarbonyl (C=S) groups is 1. The molecule has 2 rings (SSSR count). The average molecular weight is 314 g/mol. The number of nitrogens with one attached hydrogen (secondary N) is 2. The minimum Gasteiger partial charge on any atom is -0.495 e. The number of methoxy groups -OCH3 is 1. The Morgan fingerprint density at radius 2 is 1.86 bits per heavy atom. The molecule has 0 amide bonds. The molecule has 0 aliphatic carbocycles. The average Bonchev–Trinajstić information content (AvgIpc) is 2.47. The molecule has 0 spiro atoms. The van der Waals surface area contributed by atoms with Crippen LogP contribution in [0, 0.1) is 6.92 Å². The first-order chi connectivity index (χ1) is 10.5. The lowest BCUT2D eigenvalue weighted by Crippen LogP contribution is -2.19. The van der Waals surface area contributed by atoms with Crippen LogP contribution in [0.4, 0.5) is 11.4 Å². The van der Waals surface area contributed by atoms with E-state index in [4.69, 9.17) is 17.0 Å². The van der Waals surface area contributed by atoms with Gasteiger partial charge in [0.15, 0.2) is 5.11 Å². The van der Waals surface area contributed by atoms with Gasteiger partial charge in [-0.3, -0.25) is 0 Å². The number of anilines is 2. The van der Waals surface area contributed by atoms with Crippen molar-refractivity contribution >= 4 is 28.7 Å². The van der Waals surface area contributed by atoms with Crippen molar-refractivity contribution in [3.05, 3.63) is 53.6 Å². The highest BCUT2D eigenvalue weighted by Gasteiger charge is 2.06. The van der Waals surface area contributed by atoms with E-state index in [-0.39, 0.29) is 0 Å². The van der Waals surface area contributed by atoms with Crippen molar-refractivity contribution in [2.75, 3.05) is 17.7 Å². The van der Waals surface area contributed by atoms with Crippen LogP contribution in [0.5, 0.6) is 5.75 Å². The Bertz CT molecular complexity index is 668. The van der Waals surface area contributed by atoms with Gasteiger partial charge in [0.25, 0.3) is 0 Å². The highest BCUT2D eigenvalue weighted by Crippen LogP contribution is 2.25. The molecule has 116 valence electrons. The van der Waals surface area contributed by atoms with Gasteiger partial charge in [-0.1, -0.05) is 32.0 Å². The van der Waals surface area contributed by atoms with Crippen molar-refractivity contribution in [2.45, 2.75) is 26.7 Å². The summed E-state index contributed by atoms with van der Waals surface area (Å²) in [7, 11) is 1.65.